The normalized spacial score (nSPS) is 19.5. The maximum Gasteiger partial charge on any atom is 0.324 e. The summed E-state index contributed by atoms with van der Waals surface area (Å²) in [6.45, 7) is 5.79. The molecule has 0 aromatic heterocycles. The highest BCUT2D eigenvalue weighted by Crippen LogP contribution is 2.43. The van der Waals surface area contributed by atoms with Gasteiger partial charge in [0.25, 0.3) is 0 Å². The number of carbonyl (C=O) groups is 2. The Hall–Kier alpha value is -3.66. The Kier molecular flexibility index (Phi) is 11.3. The second-order valence-corrected chi connectivity index (χ2v) is 16.2. The largest absolute Gasteiger partial charge is 0.598 e. The second-order valence-electron chi connectivity index (χ2n) is 13.8. The van der Waals surface area contributed by atoms with Gasteiger partial charge in [0.2, 0.25) is 5.91 Å². The fraction of sp³-hybridized carbons (Fsp3) is 0.432. The first kappa shape index (κ1) is 36.6. The topological polar surface area (TPSA) is 121 Å². The number of amides is 3. The van der Waals surface area contributed by atoms with Crippen molar-refractivity contribution in [3.05, 3.63) is 94.3 Å². The van der Waals surface area contributed by atoms with E-state index in [9.17, 15) is 19.4 Å². The van der Waals surface area contributed by atoms with Crippen molar-refractivity contribution in [2.75, 3.05) is 30.9 Å². The van der Waals surface area contributed by atoms with Crippen LogP contribution in [-0.4, -0.2) is 59.0 Å². The number of ether oxygens (including phenoxy) is 1. The van der Waals surface area contributed by atoms with Gasteiger partial charge < -0.3 is 19.5 Å². The summed E-state index contributed by atoms with van der Waals surface area (Å²) >= 11 is 4.48. The van der Waals surface area contributed by atoms with Gasteiger partial charge in [0.15, 0.2) is 0 Å². The van der Waals surface area contributed by atoms with Crippen LogP contribution in [0.2, 0.25) is 5.02 Å². The van der Waals surface area contributed by atoms with Gasteiger partial charge in [-0.25, -0.2) is 9.18 Å². The van der Waals surface area contributed by atoms with Gasteiger partial charge in [-0.05, 0) is 99.2 Å². The molecule has 2 aliphatic rings. The summed E-state index contributed by atoms with van der Waals surface area (Å²) in [6, 6.07) is 19.3. The molecule has 0 spiro atoms. The Bertz CT molecular complexity index is 1710. The zero-order chi connectivity index (χ0) is 35.5. The van der Waals surface area contributed by atoms with E-state index in [4.69, 9.17) is 16.3 Å². The van der Waals surface area contributed by atoms with Crippen molar-refractivity contribution < 1.29 is 23.3 Å². The van der Waals surface area contributed by atoms with Crippen molar-refractivity contribution >= 4 is 46.3 Å². The van der Waals surface area contributed by atoms with Gasteiger partial charge >= 0.3 is 6.03 Å². The number of methoxy groups -OCH3 is 1. The Morgan fingerprint density at radius 1 is 1.12 bits per heavy atom. The molecule has 0 radical (unpaired) electrons. The van der Waals surface area contributed by atoms with Crippen LogP contribution in [0.5, 0.6) is 0 Å². The van der Waals surface area contributed by atoms with Gasteiger partial charge in [0.1, 0.15) is 22.1 Å². The fourth-order valence-electron chi connectivity index (χ4n) is 6.12. The Labute approximate surface area is 296 Å². The number of hydrogen-bond donors (Lipinski definition) is 2. The summed E-state index contributed by atoms with van der Waals surface area (Å²) < 4.78 is 37.7. The van der Waals surface area contributed by atoms with Crippen LogP contribution >= 0.6 is 11.6 Å². The average molecular weight is 708 g/mol. The number of nitriles is 1. The molecule has 3 aromatic rings. The molecule has 2 fully saturated rings. The SMILES string of the molecule is CO[C@@H]1C[C@H](C(=O)Nc2cc(C(CCC3CC3)(N[S@+]([O-])C(C)(C)C)c3cccc(C#N)c3)ccc2F)N(C(=O)N(C)c2ccc(Cl)cc2)C1. The molecule has 9 nitrogen and oxygen atoms in total. The molecule has 2 N–H and O–H groups in total. The molecule has 4 atom stereocenters. The first-order valence-electron chi connectivity index (χ1n) is 16.4. The van der Waals surface area contributed by atoms with Crippen molar-refractivity contribution in [1.82, 2.24) is 9.62 Å². The molecule has 1 saturated carbocycles. The van der Waals surface area contributed by atoms with Crippen LogP contribution in [0, 0.1) is 23.1 Å². The summed E-state index contributed by atoms with van der Waals surface area (Å²) in [7, 11) is 3.14. The molecule has 0 bridgehead atoms. The van der Waals surface area contributed by atoms with E-state index >= 15 is 4.39 Å². The summed E-state index contributed by atoms with van der Waals surface area (Å²) in [5, 5.41) is 13.0. The molecule has 5 rings (SSSR count). The Balaban J connectivity index is 1.50. The van der Waals surface area contributed by atoms with Gasteiger partial charge in [-0.1, -0.05) is 42.6 Å². The number of nitrogens with one attached hydrogen (secondary N) is 2. The van der Waals surface area contributed by atoms with Gasteiger partial charge in [0.05, 0.1) is 23.4 Å². The molecule has 12 heteroatoms. The van der Waals surface area contributed by atoms with Crippen LogP contribution in [0.4, 0.5) is 20.6 Å². The number of anilines is 2. The van der Waals surface area contributed by atoms with Crippen LogP contribution in [0.3, 0.4) is 0 Å². The lowest BCUT2D eigenvalue weighted by molar-refractivity contribution is -0.119. The summed E-state index contributed by atoms with van der Waals surface area (Å²) in [6.07, 6.45) is 3.39. The number of likely N-dealkylation sites (tertiary alicyclic amines) is 1. The standard InChI is InChI=1S/C37H43ClFN5O4S/c1-36(2,3)49(47)42-37(18-17-24-9-10-24,26-8-6-7-25(19-26)22-40)27-11-16-31(39)32(20-27)41-34(45)33-21-30(48-5)23-44(33)35(46)43(4)29-14-12-28(38)13-15-29/h6-8,11-16,19-20,24,30,33,42H,9-10,17-18,21,23H2,1-5H3,(H,41,45)/t30-,33-,37?,49-/m1/s1. The minimum absolute atomic E-state index is 0.0719. The van der Waals surface area contributed by atoms with Crippen LogP contribution < -0.4 is 14.9 Å². The number of nitrogens with zero attached hydrogens (tertiary/aromatic N) is 3. The number of rotatable bonds is 11. The predicted molar refractivity (Wildman–Crippen MR) is 191 cm³/mol. The van der Waals surface area contributed by atoms with Crippen LogP contribution in [-0.2, 0) is 26.4 Å². The van der Waals surface area contributed by atoms with E-state index in [2.05, 4.69) is 16.1 Å². The molecule has 1 saturated heterocycles. The highest BCUT2D eigenvalue weighted by atomic mass is 35.5. The molecule has 1 heterocycles. The number of carbonyl (C=O) groups excluding carboxylic acids is 2. The van der Waals surface area contributed by atoms with E-state index in [0.29, 0.717) is 34.2 Å². The van der Waals surface area contributed by atoms with E-state index in [1.807, 2.05) is 26.8 Å². The van der Waals surface area contributed by atoms with Crippen molar-refractivity contribution in [2.45, 2.75) is 75.3 Å². The molecule has 3 aromatic carbocycles. The molecular weight excluding hydrogens is 665 g/mol. The van der Waals surface area contributed by atoms with Crippen molar-refractivity contribution in [3.63, 3.8) is 0 Å². The molecule has 1 aliphatic heterocycles. The van der Waals surface area contributed by atoms with Crippen LogP contribution in [0.1, 0.15) is 69.6 Å². The van der Waals surface area contributed by atoms with Gasteiger partial charge in [-0.3, -0.25) is 9.69 Å². The molecule has 1 unspecified atom stereocenters. The van der Waals surface area contributed by atoms with E-state index < -0.39 is 51.5 Å². The quantitative estimate of drug-likeness (QED) is 0.205. The third-order valence-corrected chi connectivity index (χ3v) is 11.2. The lowest BCUT2D eigenvalue weighted by Crippen LogP contribution is -2.52. The van der Waals surface area contributed by atoms with E-state index in [1.165, 1.54) is 23.0 Å². The summed E-state index contributed by atoms with van der Waals surface area (Å²) in [5.41, 5.74) is 1.20. The molecule has 260 valence electrons. The van der Waals surface area contributed by atoms with Crippen LogP contribution in [0.15, 0.2) is 66.7 Å². The van der Waals surface area contributed by atoms with Crippen molar-refractivity contribution in [1.29, 1.82) is 5.26 Å². The van der Waals surface area contributed by atoms with Gasteiger partial charge in [-0.15, -0.1) is 4.72 Å². The maximum absolute atomic E-state index is 15.6. The molecule has 1 aliphatic carbocycles. The highest BCUT2D eigenvalue weighted by molar-refractivity contribution is 7.90. The Morgan fingerprint density at radius 2 is 1.82 bits per heavy atom. The minimum atomic E-state index is -1.56. The smallest absolute Gasteiger partial charge is 0.324 e. The summed E-state index contributed by atoms with van der Waals surface area (Å²) in [5.74, 6) is -0.697. The Morgan fingerprint density at radius 3 is 2.45 bits per heavy atom. The predicted octanol–water partition coefficient (Wildman–Crippen LogP) is 7.12. The van der Waals surface area contributed by atoms with Crippen molar-refractivity contribution in [2.24, 2.45) is 5.92 Å². The average Bonchev–Trinajstić information content (AvgIpc) is 3.82. The zero-order valence-electron chi connectivity index (χ0n) is 28.5. The van der Waals surface area contributed by atoms with Crippen LogP contribution in [0.25, 0.3) is 0 Å². The van der Waals surface area contributed by atoms with E-state index in [1.54, 1.807) is 61.6 Å². The first-order chi connectivity index (χ1) is 23.2. The third kappa shape index (κ3) is 8.39. The number of urea groups is 1. The maximum atomic E-state index is 15.6. The van der Waals surface area contributed by atoms with E-state index in [0.717, 1.165) is 24.8 Å². The second kappa shape index (κ2) is 15.1. The molecule has 49 heavy (non-hydrogen) atoms. The molecular formula is C37H43ClFN5O4S. The summed E-state index contributed by atoms with van der Waals surface area (Å²) in [4.78, 5) is 30.5. The third-order valence-electron chi connectivity index (χ3n) is 9.29. The van der Waals surface area contributed by atoms with Gasteiger partial charge in [0, 0.05) is 49.2 Å². The van der Waals surface area contributed by atoms with Crippen molar-refractivity contribution in [3.8, 4) is 6.07 Å². The monoisotopic (exact) mass is 707 g/mol. The fourth-order valence-corrected chi connectivity index (χ4v) is 7.20. The highest BCUT2D eigenvalue weighted by Gasteiger charge is 2.45. The van der Waals surface area contributed by atoms with Gasteiger partial charge in [-0.2, -0.15) is 5.26 Å². The van der Waals surface area contributed by atoms with E-state index in [-0.39, 0.29) is 18.7 Å². The first-order valence-corrected chi connectivity index (χ1v) is 17.9. The minimum Gasteiger partial charge on any atom is -0.598 e. The number of halogens is 2. The number of hydrogen-bond acceptors (Lipinski definition) is 6. The molecule has 3 amide bonds. The zero-order valence-corrected chi connectivity index (χ0v) is 30.0. The lowest BCUT2D eigenvalue weighted by Gasteiger charge is -2.39. The number of benzene rings is 3. The lowest BCUT2D eigenvalue weighted by atomic mass is 9.79.